The topological polar surface area (TPSA) is 147 Å². The molecule has 0 saturated carbocycles. The van der Waals surface area contributed by atoms with E-state index in [0.29, 0.717) is 22.8 Å². The van der Waals surface area contributed by atoms with Gasteiger partial charge >= 0.3 is 5.97 Å². The van der Waals surface area contributed by atoms with Crippen LogP contribution < -0.4 is 14.2 Å². The van der Waals surface area contributed by atoms with Crippen LogP contribution in [-0.4, -0.2) is 59.0 Å². The Bertz CT molecular complexity index is 1700. The van der Waals surface area contributed by atoms with E-state index in [9.17, 15) is 22.5 Å². The van der Waals surface area contributed by atoms with Crippen molar-refractivity contribution >= 4 is 37.8 Å². The van der Waals surface area contributed by atoms with Gasteiger partial charge in [0.25, 0.3) is 10.0 Å². The van der Waals surface area contributed by atoms with Crippen LogP contribution in [0.25, 0.3) is 11.0 Å². The van der Waals surface area contributed by atoms with Gasteiger partial charge < -0.3 is 19.3 Å². The smallest absolute Gasteiger partial charge is 0.339 e. The summed E-state index contributed by atoms with van der Waals surface area (Å²) in [5.74, 6) is -0.484. The fraction of sp³-hybridized carbons (Fsp3) is 0.240. The minimum absolute atomic E-state index is 0.00431. The number of nitrogens with zero attached hydrogens (tertiary/aromatic N) is 3. The molecule has 200 valence electrons. The van der Waals surface area contributed by atoms with Crippen LogP contribution in [0.15, 0.2) is 52.6 Å². The Balaban J connectivity index is 1.92. The van der Waals surface area contributed by atoms with E-state index in [1.54, 1.807) is 19.2 Å². The predicted molar refractivity (Wildman–Crippen MR) is 139 cm³/mol. The molecule has 0 bridgehead atoms. The van der Waals surface area contributed by atoms with Crippen LogP contribution in [-0.2, 0) is 26.6 Å². The third kappa shape index (κ3) is 4.70. The molecule has 0 aliphatic carbocycles. The Labute approximate surface area is 221 Å². The van der Waals surface area contributed by atoms with Crippen molar-refractivity contribution in [3.63, 3.8) is 0 Å². The summed E-state index contributed by atoms with van der Waals surface area (Å²) >= 11 is 0. The first-order valence-electron chi connectivity index (χ1n) is 11.1. The summed E-state index contributed by atoms with van der Waals surface area (Å²) in [6, 6.07) is 8.03. The molecule has 2 aromatic carbocycles. The fourth-order valence-corrected chi connectivity index (χ4v) is 7.12. The summed E-state index contributed by atoms with van der Waals surface area (Å²) in [5.41, 5.74) is 1.97. The van der Waals surface area contributed by atoms with Crippen LogP contribution >= 0.6 is 0 Å². The monoisotopic (exact) mass is 559 g/mol. The van der Waals surface area contributed by atoms with Gasteiger partial charge in [0, 0.05) is 23.4 Å². The van der Waals surface area contributed by atoms with Gasteiger partial charge in [-0.05, 0) is 44.2 Å². The Morgan fingerprint density at radius 2 is 1.79 bits per heavy atom. The highest BCUT2D eigenvalue weighted by atomic mass is 32.2. The number of ether oxygens (including phenoxy) is 3. The molecule has 4 aromatic rings. The van der Waals surface area contributed by atoms with Crippen molar-refractivity contribution in [2.45, 2.75) is 29.7 Å². The minimum Gasteiger partial charge on any atom is -0.497 e. The zero-order valence-corrected chi connectivity index (χ0v) is 22.8. The van der Waals surface area contributed by atoms with Gasteiger partial charge in [-0.15, -0.1) is 0 Å². The number of hydrogen-bond acceptors (Lipinski definition) is 9. The number of methoxy groups -OCH3 is 3. The molecule has 0 saturated heterocycles. The lowest BCUT2D eigenvalue weighted by Crippen LogP contribution is -2.18. The Morgan fingerprint density at radius 3 is 2.42 bits per heavy atom. The van der Waals surface area contributed by atoms with E-state index in [0.717, 1.165) is 15.6 Å². The quantitative estimate of drug-likeness (QED) is 0.324. The maximum Gasteiger partial charge on any atom is 0.339 e. The number of imidazole rings is 1. The maximum absolute atomic E-state index is 13.9. The van der Waals surface area contributed by atoms with Crippen molar-refractivity contribution in [3.8, 4) is 17.2 Å². The van der Waals surface area contributed by atoms with Crippen molar-refractivity contribution in [2.24, 2.45) is 0 Å². The first-order valence-corrected chi connectivity index (χ1v) is 13.9. The molecule has 0 aliphatic rings. The van der Waals surface area contributed by atoms with Crippen molar-refractivity contribution in [1.29, 1.82) is 0 Å². The zero-order chi connectivity index (χ0) is 27.8. The highest BCUT2D eigenvalue weighted by Crippen LogP contribution is 2.31. The largest absolute Gasteiger partial charge is 0.497 e. The minimum atomic E-state index is -4.46. The number of carboxylic acid groups (broad SMARTS) is 1. The van der Waals surface area contributed by atoms with Crippen LogP contribution in [0.4, 0.5) is 0 Å². The van der Waals surface area contributed by atoms with Crippen molar-refractivity contribution in [1.82, 2.24) is 13.9 Å². The maximum atomic E-state index is 13.9. The molecule has 2 heterocycles. The fourth-order valence-electron chi connectivity index (χ4n) is 4.04. The molecule has 0 aliphatic heterocycles. The van der Waals surface area contributed by atoms with Gasteiger partial charge in [0.1, 0.15) is 22.8 Å². The summed E-state index contributed by atoms with van der Waals surface area (Å²) in [5, 5.41) is 9.32. The summed E-state index contributed by atoms with van der Waals surface area (Å²) in [6.45, 7) is 3.61. The lowest BCUT2D eigenvalue weighted by Gasteiger charge is -2.14. The van der Waals surface area contributed by atoms with Crippen LogP contribution in [0.5, 0.6) is 17.2 Å². The van der Waals surface area contributed by atoms with Crippen molar-refractivity contribution < 1.29 is 36.7 Å². The van der Waals surface area contributed by atoms with Gasteiger partial charge in [-0.3, -0.25) is 9.19 Å². The van der Waals surface area contributed by atoms with E-state index >= 15 is 0 Å². The Hall–Kier alpha value is -3.97. The first kappa shape index (κ1) is 27.1. The molecular formula is C25H25N3O8S2. The number of benzene rings is 2. The van der Waals surface area contributed by atoms with E-state index in [2.05, 4.69) is 9.97 Å². The lowest BCUT2D eigenvalue weighted by atomic mass is 10.1. The van der Waals surface area contributed by atoms with Gasteiger partial charge in [0.15, 0.2) is 0 Å². The van der Waals surface area contributed by atoms with E-state index < -0.39 is 26.8 Å². The van der Waals surface area contributed by atoms with Gasteiger partial charge in [-0.25, -0.2) is 22.2 Å². The van der Waals surface area contributed by atoms with E-state index in [1.807, 2.05) is 6.92 Å². The van der Waals surface area contributed by atoms with E-state index in [-0.39, 0.29) is 38.2 Å². The number of carbonyl (C=O) groups is 1. The number of rotatable bonds is 9. The molecular weight excluding hydrogens is 534 g/mol. The summed E-state index contributed by atoms with van der Waals surface area (Å²) < 4.78 is 58.1. The highest BCUT2D eigenvalue weighted by molar-refractivity contribution is 7.91. The van der Waals surface area contributed by atoms with Crippen LogP contribution in [0.3, 0.4) is 0 Å². The molecule has 1 unspecified atom stereocenters. The van der Waals surface area contributed by atoms with Crippen molar-refractivity contribution in [3.05, 3.63) is 65.0 Å². The van der Waals surface area contributed by atoms with E-state index in [1.165, 1.54) is 45.6 Å². The van der Waals surface area contributed by atoms with Gasteiger partial charge in [-0.1, -0.05) is 0 Å². The summed E-state index contributed by atoms with van der Waals surface area (Å²) in [6.07, 6.45) is 1.59. The average molecular weight is 560 g/mol. The molecule has 11 nitrogen and oxygen atoms in total. The second-order valence-corrected chi connectivity index (χ2v) is 11.4. The zero-order valence-electron chi connectivity index (χ0n) is 21.2. The van der Waals surface area contributed by atoms with Crippen LogP contribution in [0.1, 0.15) is 27.2 Å². The molecule has 0 fully saturated rings. The summed E-state index contributed by atoms with van der Waals surface area (Å²) in [4.78, 5) is 20.2. The molecule has 13 heteroatoms. The SMILES string of the molecule is COc1ccc2c(c1)nc(S(=O)Cc1ncc(C)c(OC)c1C)n2S(=O)(=O)c1ccc(OC)c(C(=O)O)c1. The molecule has 0 amide bonds. The predicted octanol–water partition coefficient (Wildman–Crippen LogP) is 3.32. The molecule has 38 heavy (non-hydrogen) atoms. The number of aromatic carboxylic acids is 1. The Kier molecular flexibility index (Phi) is 7.42. The number of hydrogen-bond donors (Lipinski definition) is 1. The molecule has 1 N–H and O–H groups in total. The highest BCUT2D eigenvalue weighted by Gasteiger charge is 2.30. The average Bonchev–Trinajstić information content (AvgIpc) is 3.30. The third-order valence-corrected chi connectivity index (χ3v) is 8.98. The molecule has 1 atom stereocenters. The molecule has 0 radical (unpaired) electrons. The van der Waals surface area contributed by atoms with Gasteiger partial charge in [-0.2, -0.15) is 0 Å². The normalized spacial score (nSPS) is 12.3. The first-order chi connectivity index (χ1) is 18.0. The number of aryl methyl sites for hydroxylation is 1. The van der Waals surface area contributed by atoms with Crippen LogP contribution in [0.2, 0.25) is 0 Å². The second-order valence-electron chi connectivity index (χ2n) is 8.22. The number of carboxylic acids is 1. The van der Waals surface area contributed by atoms with Crippen LogP contribution in [0, 0.1) is 13.8 Å². The number of aromatic nitrogens is 3. The Morgan fingerprint density at radius 1 is 1.05 bits per heavy atom. The molecule has 0 spiro atoms. The summed E-state index contributed by atoms with van der Waals surface area (Å²) in [7, 11) is -2.18. The number of fused-ring (bicyclic) bond motifs is 1. The standard InChI is InChI=1S/C25H25N3O8S2/c1-14-12-26-20(15(2)23(14)36-5)13-37(31)25-27-19-10-16(34-3)6-8-21(19)28(25)38(32,33)17-7-9-22(35-4)18(11-17)24(29)30/h6-12H,13H2,1-5H3,(H,29,30). The third-order valence-electron chi connectivity index (χ3n) is 5.95. The molecule has 4 rings (SSSR count). The lowest BCUT2D eigenvalue weighted by molar-refractivity contribution is 0.0693. The van der Waals surface area contributed by atoms with Crippen molar-refractivity contribution in [2.75, 3.05) is 21.3 Å². The van der Waals surface area contributed by atoms with Gasteiger partial charge in [0.2, 0.25) is 5.16 Å². The van der Waals surface area contributed by atoms with E-state index in [4.69, 9.17) is 14.2 Å². The van der Waals surface area contributed by atoms with Gasteiger partial charge in [0.05, 0.1) is 59.5 Å². The molecule has 2 aromatic heterocycles. The second kappa shape index (κ2) is 10.4. The number of pyridine rings is 1.